The van der Waals surface area contributed by atoms with Gasteiger partial charge in [0.2, 0.25) is 0 Å². The van der Waals surface area contributed by atoms with Crippen molar-refractivity contribution in [1.82, 2.24) is 0 Å². The number of ketones is 1. The number of aromatic hydroxyl groups is 1. The highest BCUT2D eigenvalue weighted by atomic mass is 16.5. The number of carbonyl (C=O) groups is 1. The smallest absolute Gasteiger partial charge is 0.173 e. The summed E-state index contributed by atoms with van der Waals surface area (Å²) in [7, 11) is 0. The molecule has 1 aromatic carbocycles. The summed E-state index contributed by atoms with van der Waals surface area (Å²) >= 11 is 0. The Labute approximate surface area is 171 Å². The molecule has 1 heterocycles. The molecule has 1 aliphatic carbocycles. The van der Waals surface area contributed by atoms with E-state index in [4.69, 9.17) is 4.74 Å². The molecule has 0 aromatic heterocycles. The molecule has 1 aromatic rings. The number of phenolic OH excluding ortho intramolecular Hbond substituents is 1. The van der Waals surface area contributed by atoms with Gasteiger partial charge in [0.1, 0.15) is 42.0 Å². The van der Waals surface area contributed by atoms with Crippen molar-refractivity contribution >= 4 is 11.9 Å². The molecule has 2 aliphatic rings. The Hall–Kier alpha value is -2.31. The van der Waals surface area contributed by atoms with E-state index in [1.165, 1.54) is 18.2 Å². The molecule has 8 atom stereocenters. The second kappa shape index (κ2) is 8.82. The third kappa shape index (κ3) is 3.98. The van der Waals surface area contributed by atoms with Crippen LogP contribution in [0.4, 0.5) is 0 Å². The Morgan fingerprint density at radius 3 is 2.20 bits per heavy atom. The van der Waals surface area contributed by atoms with E-state index in [1.807, 2.05) is 0 Å². The summed E-state index contributed by atoms with van der Waals surface area (Å²) in [5.41, 5.74) is 0.0745. The molecule has 164 valence electrons. The molecular weight excluding hydrogens is 400 g/mol. The number of hydrogen-bond acceptors (Lipinski definition) is 10. The minimum Gasteiger partial charge on any atom is -0.508 e. The van der Waals surface area contributed by atoms with E-state index in [-0.39, 0.29) is 5.75 Å². The summed E-state index contributed by atoms with van der Waals surface area (Å²) in [6.07, 6.45) is -9.03. The number of benzene rings is 1. The van der Waals surface area contributed by atoms with Gasteiger partial charge in [0.15, 0.2) is 5.78 Å². The lowest BCUT2D eigenvalue weighted by atomic mass is 9.85. The summed E-state index contributed by atoms with van der Waals surface area (Å²) in [6.45, 7) is -0.718. The fourth-order valence-electron chi connectivity index (χ4n) is 3.75. The lowest BCUT2D eigenvalue weighted by Crippen LogP contribution is -2.62. The zero-order chi connectivity index (χ0) is 22.2. The number of aliphatic hydroxyl groups is 7. The highest BCUT2D eigenvalue weighted by Crippen LogP contribution is 2.37. The van der Waals surface area contributed by atoms with Crippen molar-refractivity contribution in [3.8, 4) is 5.75 Å². The molecule has 2 fully saturated rings. The Morgan fingerprint density at radius 1 is 0.967 bits per heavy atom. The first kappa shape index (κ1) is 22.4. The van der Waals surface area contributed by atoms with Crippen molar-refractivity contribution in [2.24, 2.45) is 5.92 Å². The number of carbonyl (C=O) groups excluding carboxylic acids is 1. The first-order valence-corrected chi connectivity index (χ1v) is 9.28. The molecule has 10 nitrogen and oxygen atoms in total. The number of Topliss-reactive ketones (excluding diaryl/α,β-unsaturated/α-hetero) is 1. The molecule has 10 heteroatoms. The van der Waals surface area contributed by atoms with Crippen LogP contribution in [0.15, 0.2) is 41.7 Å². The average molecular weight is 424 g/mol. The highest BCUT2D eigenvalue weighted by Gasteiger charge is 2.56. The number of ether oxygens (including phenoxy) is 1. The zero-order valence-electron chi connectivity index (χ0n) is 15.7. The summed E-state index contributed by atoms with van der Waals surface area (Å²) in [5, 5.41) is 79.6. The number of allylic oxidation sites excluding steroid dienone is 1. The summed E-state index contributed by atoms with van der Waals surface area (Å²) < 4.78 is 5.32. The molecule has 3 rings (SSSR count). The van der Waals surface area contributed by atoms with E-state index in [9.17, 15) is 45.6 Å². The minimum absolute atomic E-state index is 0.0432. The lowest BCUT2D eigenvalue weighted by Gasteiger charge is -2.42. The molecule has 0 bridgehead atoms. The normalized spacial score (nSPS) is 38.9. The molecule has 30 heavy (non-hydrogen) atoms. The summed E-state index contributed by atoms with van der Waals surface area (Å²) in [5.74, 6) is -3.04. The van der Waals surface area contributed by atoms with Crippen LogP contribution in [0, 0.1) is 5.92 Å². The van der Waals surface area contributed by atoms with Gasteiger partial charge < -0.3 is 45.6 Å². The van der Waals surface area contributed by atoms with Crippen LogP contribution < -0.4 is 0 Å². The number of rotatable bonds is 4. The number of phenols is 1. The van der Waals surface area contributed by atoms with Crippen LogP contribution >= 0.6 is 0 Å². The van der Waals surface area contributed by atoms with Gasteiger partial charge in [-0.1, -0.05) is 18.2 Å². The van der Waals surface area contributed by atoms with E-state index in [0.717, 1.165) is 6.08 Å². The van der Waals surface area contributed by atoms with E-state index >= 15 is 0 Å². The first-order chi connectivity index (χ1) is 14.2. The molecule has 0 radical (unpaired) electrons. The van der Waals surface area contributed by atoms with E-state index < -0.39 is 72.4 Å². The minimum atomic E-state index is -1.79. The molecular formula is C20H24O10. The molecule has 0 spiro atoms. The maximum atomic E-state index is 12.8. The topological polar surface area (TPSA) is 188 Å². The van der Waals surface area contributed by atoms with Gasteiger partial charge in [-0.3, -0.25) is 4.79 Å². The Kier molecular flexibility index (Phi) is 6.58. The van der Waals surface area contributed by atoms with E-state index in [1.54, 1.807) is 12.1 Å². The highest BCUT2D eigenvalue weighted by molar-refractivity contribution is 6.02. The molecule has 1 aliphatic heterocycles. The van der Waals surface area contributed by atoms with Crippen molar-refractivity contribution in [1.29, 1.82) is 0 Å². The maximum Gasteiger partial charge on any atom is 0.173 e. The fourth-order valence-corrected chi connectivity index (χ4v) is 3.75. The predicted molar refractivity (Wildman–Crippen MR) is 101 cm³/mol. The first-order valence-electron chi connectivity index (χ1n) is 9.28. The molecule has 8 N–H and O–H groups in total. The van der Waals surface area contributed by atoms with Crippen molar-refractivity contribution in [2.45, 2.75) is 42.7 Å². The molecule has 0 amide bonds. The van der Waals surface area contributed by atoms with Gasteiger partial charge in [0, 0.05) is 0 Å². The van der Waals surface area contributed by atoms with Crippen molar-refractivity contribution in [3.63, 3.8) is 0 Å². The predicted octanol–water partition coefficient (Wildman–Crippen LogP) is -2.02. The van der Waals surface area contributed by atoms with Gasteiger partial charge in [-0.2, -0.15) is 0 Å². The van der Waals surface area contributed by atoms with Crippen LogP contribution in [-0.4, -0.2) is 96.0 Å². The molecule has 4 unspecified atom stereocenters. The lowest BCUT2D eigenvalue weighted by molar-refractivity contribution is -0.245. The average Bonchev–Trinajstić information content (AvgIpc) is 2.95. The van der Waals surface area contributed by atoms with Crippen LogP contribution in [0.25, 0.3) is 6.08 Å². The van der Waals surface area contributed by atoms with Crippen LogP contribution in [-0.2, 0) is 9.53 Å². The molecule has 1 saturated carbocycles. The number of aliphatic hydroxyl groups excluding tert-OH is 7. The number of hydrogen-bond donors (Lipinski definition) is 8. The second-order valence-electron chi connectivity index (χ2n) is 7.34. The third-order valence-electron chi connectivity index (χ3n) is 5.44. The van der Waals surface area contributed by atoms with Gasteiger partial charge in [-0.05, 0) is 23.8 Å². The van der Waals surface area contributed by atoms with Crippen molar-refractivity contribution in [3.05, 3.63) is 47.2 Å². The SMILES string of the molecule is O=C1/C(=C(O)\C=C\c2ccc(O)cc2)C(O)C(O)C1C1O[C@H](CO)[C@@H](O)[C@H](O)[C@H]1O. The van der Waals surface area contributed by atoms with Gasteiger partial charge in [0.05, 0.1) is 30.3 Å². The van der Waals surface area contributed by atoms with Crippen LogP contribution in [0.5, 0.6) is 5.75 Å². The van der Waals surface area contributed by atoms with Gasteiger partial charge in [0.25, 0.3) is 0 Å². The summed E-state index contributed by atoms with van der Waals surface area (Å²) in [6, 6.07) is 5.92. The van der Waals surface area contributed by atoms with E-state index in [0.29, 0.717) is 5.56 Å². The zero-order valence-corrected chi connectivity index (χ0v) is 15.7. The standard InChI is InChI=1S/C20H24O10/c21-7-11-14(24)18(28)19(29)20(30-11)13-15(25)12(16(26)17(13)27)10(23)6-3-8-1-4-9(22)5-2-8/h1-6,11,13-14,16-24,26-29H,7H2/b6-3+,12-10-/t11-,13?,14-,16?,17?,18+,19-,20?/m1/s1. The van der Waals surface area contributed by atoms with Crippen LogP contribution in [0.2, 0.25) is 0 Å². The van der Waals surface area contributed by atoms with Gasteiger partial charge in [-0.15, -0.1) is 0 Å². The third-order valence-corrected chi connectivity index (χ3v) is 5.44. The Balaban J connectivity index is 1.88. The fraction of sp³-hybridized carbons (Fsp3) is 0.450. The van der Waals surface area contributed by atoms with Crippen LogP contribution in [0.3, 0.4) is 0 Å². The second-order valence-corrected chi connectivity index (χ2v) is 7.34. The molecule has 1 saturated heterocycles. The van der Waals surface area contributed by atoms with Gasteiger partial charge in [-0.25, -0.2) is 0 Å². The van der Waals surface area contributed by atoms with Crippen molar-refractivity contribution in [2.75, 3.05) is 6.61 Å². The Bertz CT molecular complexity index is 830. The van der Waals surface area contributed by atoms with Crippen molar-refractivity contribution < 1.29 is 50.4 Å². The van der Waals surface area contributed by atoms with Crippen LogP contribution in [0.1, 0.15) is 5.56 Å². The monoisotopic (exact) mass is 424 g/mol. The van der Waals surface area contributed by atoms with Gasteiger partial charge >= 0.3 is 0 Å². The van der Waals surface area contributed by atoms with E-state index in [2.05, 4.69) is 0 Å². The maximum absolute atomic E-state index is 12.8. The summed E-state index contributed by atoms with van der Waals surface area (Å²) in [4.78, 5) is 12.8. The Morgan fingerprint density at radius 2 is 1.60 bits per heavy atom. The quantitative estimate of drug-likeness (QED) is 0.198. The largest absolute Gasteiger partial charge is 0.508 e.